The normalized spacial score (nSPS) is 17.6. The minimum absolute atomic E-state index is 0.0901. The lowest BCUT2D eigenvalue weighted by Gasteiger charge is -2.34. The number of nitrogens with zero attached hydrogens (tertiary/aromatic N) is 2. The fraction of sp³-hybridized carbons (Fsp3) is 0.529. The molecule has 1 atom stereocenters. The molecule has 1 aromatic rings. The summed E-state index contributed by atoms with van der Waals surface area (Å²) in [6.07, 6.45) is 3.07. The Balaban J connectivity index is 2.00. The Morgan fingerprint density at radius 2 is 2.39 bits per heavy atom. The molecule has 6 heteroatoms. The van der Waals surface area contributed by atoms with E-state index in [1.165, 1.54) is 0 Å². The molecule has 0 saturated carbocycles. The Morgan fingerprint density at radius 3 is 3.04 bits per heavy atom. The van der Waals surface area contributed by atoms with Gasteiger partial charge in [-0.1, -0.05) is 12.1 Å². The van der Waals surface area contributed by atoms with Gasteiger partial charge in [-0.3, -0.25) is 4.79 Å². The highest BCUT2D eigenvalue weighted by Crippen LogP contribution is 2.21. The largest absolute Gasteiger partial charge is 0.450 e. The van der Waals surface area contributed by atoms with E-state index in [-0.39, 0.29) is 17.9 Å². The quantitative estimate of drug-likeness (QED) is 0.750. The Bertz CT molecular complexity index is 530. The number of likely N-dealkylation sites (tertiary alicyclic amines) is 1. The number of carbonyl (C=O) groups excluding carboxylic acids is 2. The predicted octanol–water partition coefficient (Wildman–Crippen LogP) is 3.13. The maximum Gasteiger partial charge on any atom is 0.409 e. The van der Waals surface area contributed by atoms with Crippen LogP contribution in [-0.4, -0.2) is 48.0 Å². The molecular weight excluding hydrogens is 312 g/mol. The first-order valence-corrected chi connectivity index (χ1v) is 8.87. The summed E-state index contributed by atoms with van der Waals surface area (Å²) in [5.41, 5.74) is 0. The summed E-state index contributed by atoms with van der Waals surface area (Å²) in [6.45, 7) is 8.11. The highest BCUT2D eigenvalue weighted by molar-refractivity contribution is 7.09. The van der Waals surface area contributed by atoms with Crippen LogP contribution in [0.2, 0.25) is 0 Å². The van der Waals surface area contributed by atoms with E-state index < -0.39 is 0 Å². The van der Waals surface area contributed by atoms with Gasteiger partial charge in [0.2, 0.25) is 5.91 Å². The number of hydrogen-bond donors (Lipinski definition) is 0. The molecule has 0 aromatic carbocycles. The number of hydrogen-bond acceptors (Lipinski definition) is 4. The van der Waals surface area contributed by atoms with Gasteiger partial charge in [-0.15, -0.1) is 17.9 Å². The Morgan fingerprint density at radius 1 is 1.57 bits per heavy atom. The van der Waals surface area contributed by atoms with Crippen molar-refractivity contribution in [3.63, 3.8) is 0 Å². The molecule has 1 aliphatic rings. The van der Waals surface area contributed by atoms with Gasteiger partial charge in [0.1, 0.15) is 0 Å². The average Bonchev–Trinajstić information content (AvgIpc) is 3.07. The van der Waals surface area contributed by atoms with E-state index in [1.807, 2.05) is 22.4 Å². The van der Waals surface area contributed by atoms with Gasteiger partial charge >= 0.3 is 6.09 Å². The van der Waals surface area contributed by atoms with Crippen molar-refractivity contribution in [1.82, 2.24) is 9.80 Å². The van der Waals surface area contributed by atoms with Crippen LogP contribution in [0.15, 0.2) is 30.2 Å². The lowest BCUT2D eigenvalue weighted by molar-refractivity contribution is -0.137. The predicted molar refractivity (Wildman–Crippen MR) is 91.3 cm³/mol. The van der Waals surface area contributed by atoms with Crippen molar-refractivity contribution in [3.8, 4) is 0 Å². The second-order valence-corrected chi connectivity index (χ2v) is 6.60. The molecule has 0 bridgehead atoms. The van der Waals surface area contributed by atoms with Gasteiger partial charge < -0.3 is 14.5 Å². The topological polar surface area (TPSA) is 49.9 Å². The molecule has 0 aliphatic carbocycles. The SMILES string of the molecule is C=CCN(Cc1cccs1)C(=O)C1CCCN(C(=O)OCC)C1. The number of amides is 2. The van der Waals surface area contributed by atoms with Crippen LogP contribution in [0.4, 0.5) is 4.79 Å². The fourth-order valence-electron chi connectivity index (χ4n) is 2.80. The van der Waals surface area contributed by atoms with Gasteiger partial charge in [0, 0.05) is 24.5 Å². The van der Waals surface area contributed by atoms with Crippen LogP contribution in [0.5, 0.6) is 0 Å². The monoisotopic (exact) mass is 336 g/mol. The van der Waals surface area contributed by atoms with E-state index in [0.717, 1.165) is 17.7 Å². The lowest BCUT2D eigenvalue weighted by Crippen LogP contribution is -2.46. The minimum Gasteiger partial charge on any atom is -0.450 e. The molecule has 2 heterocycles. The second-order valence-electron chi connectivity index (χ2n) is 5.57. The molecule has 1 aliphatic heterocycles. The number of piperidine rings is 1. The van der Waals surface area contributed by atoms with Crippen LogP contribution in [0.3, 0.4) is 0 Å². The Hall–Kier alpha value is -1.82. The summed E-state index contributed by atoms with van der Waals surface area (Å²) in [6, 6.07) is 4.01. The van der Waals surface area contributed by atoms with Crippen LogP contribution in [0, 0.1) is 5.92 Å². The Labute approximate surface area is 141 Å². The van der Waals surface area contributed by atoms with Crippen LogP contribution >= 0.6 is 11.3 Å². The van der Waals surface area contributed by atoms with Crippen LogP contribution in [0.1, 0.15) is 24.6 Å². The van der Waals surface area contributed by atoms with E-state index in [4.69, 9.17) is 4.74 Å². The molecule has 5 nitrogen and oxygen atoms in total. The summed E-state index contributed by atoms with van der Waals surface area (Å²) in [4.78, 5) is 29.3. The highest BCUT2D eigenvalue weighted by atomic mass is 32.1. The molecular formula is C17H24N2O3S. The first-order valence-electron chi connectivity index (χ1n) is 7.99. The van der Waals surface area contributed by atoms with Crippen molar-refractivity contribution < 1.29 is 14.3 Å². The third-order valence-corrected chi connectivity index (χ3v) is 4.75. The van der Waals surface area contributed by atoms with E-state index in [0.29, 0.717) is 32.8 Å². The van der Waals surface area contributed by atoms with Crippen LogP contribution in [-0.2, 0) is 16.1 Å². The smallest absolute Gasteiger partial charge is 0.409 e. The molecule has 1 fully saturated rings. The summed E-state index contributed by atoms with van der Waals surface area (Å²) in [7, 11) is 0. The Kier molecular flexibility index (Phi) is 6.65. The standard InChI is InChI=1S/C17H24N2O3S/c1-3-9-18(13-15-8-6-11-23-15)16(20)14-7-5-10-19(12-14)17(21)22-4-2/h3,6,8,11,14H,1,4-5,7,9-10,12-13H2,2H3. The number of thiophene rings is 1. The zero-order chi connectivity index (χ0) is 16.7. The first-order chi connectivity index (χ1) is 11.2. The molecule has 0 radical (unpaired) electrons. The van der Waals surface area contributed by atoms with Crippen molar-refractivity contribution in [1.29, 1.82) is 0 Å². The molecule has 0 N–H and O–H groups in total. The molecule has 2 amide bonds. The van der Waals surface area contributed by atoms with Crippen LogP contribution < -0.4 is 0 Å². The third-order valence-electron chi connectivity index (χ3n) is 3.88. The van der Waals surface area contributed by atoms with Gasteiger partial charge in [-0.25, -0.2) is 4.79 Å². The molecule has 126 valence electrons. The van der Waals surface area contributed by atoms with Crippen LogP contribution in [0.25, 0.3) is 0 Å². The van der Waals surface area contributed by atoms with Gasteiger partial charge in [0.05, 0.1) is 19.1 Å². The lowest BCUT2D eigenvalue weighted by atomic mass is 9.96. The number of ether oxygens (including phenoxy) is 1. The van der Waals surface area contributed by atoms with E-state index in [9.17, 15) is 9.59 Å². The molecule has 1 saturated heterocycles. The molecule has 0 spiro atoms. The fourth-order valence-corrected chi connectivity index (χ4v) is 3.52. The van der Waals surface area contributed by atoms with E-state index >= 15 is 0 Å². The van der Waals surface area contributed by atoms with E-state index in [1.54, 1.807) is 29.2 Å². The summed E-state index contributed by atoms with van der Waals surface area (Å²) >= 11 is 1.64. The van der Waals surface area contributed by atoms with Crippen molar-refractivity contribution in [2.45, 2.75) is 26.3 Å². The van der Waals surface area contributed by atoms with E-state index in [2.05, 4.69) is 6.58 Å². The molecule has 1 aromatic heterocycles. The number of rotatable bonds is 6. The zero-order valence-electron chi connectivity index (χ0n) is 13.6. The summed E-state index contributed by atoms with van der Waals surface area (Å²) in [5, 5.41) is 2.01. The summed E-state index contributed by atoms with van der Waals surface area (Å²) < 4.78 is 5.05. The second kappa shape index (κ2) is 8.72. The van der Waals surface area contributed by atoms with Gasteiger partial charge in [-0.05, 0) is 31.2 Å². The highest BCUT2D eigenvalue weighted by Gasteiger charge is 2.31. The number of carbonyl (C=O) groups is 2. The average molecular weight is 336 g/mol. The zero-order valence-corrected chi connectivity index (χ0v) is 14.4. The first kappa shape index (κ1) is 17.5. The maximum atomic E-state index is 12.8. The third kappa shape index (κ3) is 4.82. The minimum atomic E-state index is -0.321. The van der Waals surface area contributed by atoms with Gasteiger partial charge in [-0.2, -0.15) is 0 Å². The van der Waals surface area contributed by atoms with Crippen molar-refractivity contribution >= 4 is 23.3 Å². The van der Waals surface area contributed by atoms with Crippen molar-refractivity contribution in [3.05, 3.63) is 35.0 Å². The molecule has 2 rings (SSSR count). The molecule has 23 heavy (non-hydrogen) atoms. The molecule has 1 unspecified atom stereocenters. The van der Waals surface area contributed by atoms with Gasteiger partial charge in [0.25, 0.3) is 0 Å². The van der Waals surface area contributed by atoms with Crippen molar-refractivity contribution in [2.24, 2.45) is 5.92 Å². The maximum absolute atomic E-state index is 12.8. The van der Waals surface area contributed by atoms with Crippen molar-refractivity contribution in [2.75, 3.05) is 26.2 Å². The summed E-state index contributed by atoms with van der Waals surface area (Å²) in [5.74, 6) is -0.0691. The van der Waals surface area contributed by atoms with Gasteiger partial charge in [0.15, 0.2) is 0 Å².